The molecular formula is C19H20ClN3O2S. The van der Waals surface area contributed by atoms with Crippen LogP contribution in [0.25, 0.3) is 11.0 Å². The van der Waals surface area contributed by atoms with Gasteiger partial charge in [0.05, 0.1) is 29.1 Å². The van der Waals surface area contributed by atoms with Crippen LogP contribution in [0.4, 0.5) is 5.69 Å². The van der Waals surface area contributed by atoms with E-state index in [1.54, 1.807) is 25.3 Å². The molecule has 3 aromatic rings. The molecular weight excluding hydrogens is 370 g/mol. The summed E-state index contributed by atoms with van der Waals surface area (Å²) in [6.45, 7) is 4.72. The Labute approximate surface area is 161 Å². The fourth-order valence-electron chi connectivity index (χ4n) is 2.67. The number of hydrogen-bond donors (Lipinski definition) is 1. The number of imidazole rings is 1. The van der Waals surface area contributed by atoms with Crippen LogP contribution < -0.4 is 10.1 Å². The average Bonchev–Trinajstić information content (AvgIpc) is 2.98. The third-order valence-electron chi connectivity index (χ3n) is 4.01. The minimum Gasteiger partial charge on any atom is -0.495 e. The van der Waals surface area contributed by atoms with Crippen molar-refractivity contribution in [1.29, 1.82) is 0 Å². The van der Waals surface area contributed by atoms with Gasteiger partial charge in [-0.1, -0.05) is 35.5 Å². The van der Waals surface area contributed by atoms with Crippen LogP contribution in [0.1, 0.15) is 13.8 Å². The van der Waals surface area contributed by atoms with Gasteiger partial charge in [-0.2, -0.15) is 0 Å². The van der Waals surface area contributed by atoms with E-state index in [0.29, 0.717) is 16.5 Å². The first-order chi connectivity index (χ1) is 12.5. The summed E-state index contributed by atoms with van der Waals surface area (Å²) in [6.07, 6.45) is 0. The number of amides is 1. The third-order valence-corrected chi connectivity index (χ3v) is 5.33. The predicted molar refractivity (Wildman–Crippen MR) is 107 cm³/mol. The fraction of sp³-hybridized carbons (Fsp3) is 0.263. The van der Waals surface area contributed by atoms with E-state index >= 15 is 0 Å². The minimum absolute atomic E-state index is 0.134. The highest BCUT2D eigenvalue weighted by atomic mass is 35.5. The molecule has 0 aliphatic rings. The second-order valence-corrected chi connectivity index (χ2v) is 7.47. The molecule has 1 aromatic heterocycles. The number of anilines is 1. The molecule has 1 amide bonds. The number of ether oxygens (including phenoxy) is 1. The van der Waals surface area contributed by atoms with Crippen molar-refractivity contribution >= 4 is 46.0 Å². The summed E-state index contributed by atoms with van der Waals surface area (Å²) >= 11 is 7.46. The molecule has 0 fully saturated rings. The van der Waals surface area contributed by atoms with Crippen molar-refractivity contribution < 1.29 is 9.53 Å². The van der Waals surface area contributed by atoms with E-state index in [4.69, 9.17) is 16.3 Å². The van der Waals surface area contributed by atoms with Crippen LogP contribution in [0.3, 0.4) is 0 Å². The molecule has 1 heterocycles. The molecule has 0 radical (unpaired) electrons. The standard InChI is InChI=1S/C19H20ClN3O2S/c1-4-23-16-8-6-5-7-14(16)22-19(23)26-12(2)18(24)21-15-11-13(20)9-10-17(15)25-3/h5-12H,4H2,1-3H3,(H,21,24). The normalized spacial score (nSPS) is 12.2. The first kappa shape index (κ1) is 18.6. The maximum Gasteiger partial charge on any atom is 0.237 e. The van der Waals surface area contributed by atoms with E-state index in [1.807, 2.05) is 31.2 Å². The van der Waals surface area contributed by atoms with E-state index < -0.39 is 0 Å². The fourth-order valence-corrected chi connectivity index (χ4v) is 3.83. The molecule has 5 nitrogen and oxygen atoms in total. The monoisotopic (exact) mass is 389 g/mol. The highest BCUT2D eigenvalue weighted by Gasteiger charge is 2.20. The summed E-state index contributed by atoms with van der Waals surface area (Å²) in [4.78, 5) is 17.3. The Hall–Kier alpha value is -2.18. The lowest BCUT2D eigenvalue weighted by Gasteiger charge is -2.14. The van der Waals surface area contributed by atoms with E-state index in [1.165, 1.54) is 11.8 Å². The number of thioether (sulfide) groups is 1. The van der Waals surface area contributed by atoms with Gasteiger partial charge in [0, 0.05) is 11.6 Å². The van der Waals surface area contributed by atoms with Crippen LogP contribution in [0, 0.1) is 0 Å². The first-order valence-corrected chi connectivity index (χ1v) is 9.55. The number of methoxy groups -OCH3 is 1. The van der Waals surface area contributed by atoms with Crippen LogP contribution in [0.2, 0.25) is 5.02 Å². The summed E-state index contributed by atoms with van der Waals surface area (Å²) in [6, 6.07) is 13.1. The third kappa shape index (κ3) is 3.81. The van der Waals surface area contributed by atoms with Crippen molar-refractivity contribution in [1.82, 2.24) is 9.55 Å². The van der Waals surface area contributed by atoms with Gasteiger partial charge in [0.1, 0.15) is 5.75 Å². The molecule has 0 bridgehead atoms. The number of fused-ring (bicyclic) bond motifs is 1. The van der Waals surface area contributed by atoms with E-state index in [-0.39, 0.29) is 11.2 Å². The Morgan fingerprint density at radius 2 is 2.12 bits per heavy atom. The van der Waals surface area contributed by atoms with Crippen molar-refractivity contribution in [2.75, 3.05) is 12.4 Å². The van der Waals surface area contributed by atoms with Gasteiger partial charge in [-0.3, -0.25) is 4.79 Å². The largest absolute Gasteiger partial charge is 0.495 e. The summed E-state index contributed by atoms with van der Waals surface area (Å²) in [7, 11) is 1.56. The number of carbonyl (C=O) groups excluding carboxylic acids is 1. The van der Waals surface area contributed by atoms with Gasteiger partial charge in [-0.25, -0.2) is 4.98 Å². The number of halogens is 1. The molecule has 0 saturated carbocycles. The Morgan fingerprint density at radius 3 is 2.85 bits per heavy atom. The molecule has 0 saturated heterocycles. The van der Waals surface area contributed by atoms with Crippen LogP contribution >= 0.6 is 23.4 Å². The van der Waals surface area contributed by atoms with E-state index in [0.717, 1.165) is 22.7 Å². The van der Waals surface area contributed by atoms with Crippen molar-refractivity contribution in [2.24, 2.45) is 0 Å². The highest BCUT2D eigenvalue weighted by molar-refractivity contribution is 8.00. The zero-order valence-electron chi connectivity index (χ0n) is 14.8. The number of hydrogen-bond acceptors (Lipinski definition) is 4. The topological polar surface area (TPSA) is 56.2 Å². The molecule has 0 aliphatic heterocycles. The van der Waals surface area contributed by atoms with E-state index in [2.05, 4.69) is 21.8 Å². The van der Waals surface area contributed by atoms with Crippen LogP contribution in [0.5, 0.6) is 5.75 Å². The molecule has 26 heavy (non-hydrogen) atoms. The number of nitrogens with zero attached hydrogens (tertiary/aromatic N) is 2. The van der Waals surface area contributed by atoms with Gasteiger partial charge in [0.2, 0.25) is 5.91 Å². The molecule has 1 atom stereocenters. The molecule has 0 spiro atoms. The SMILES string of the molecule is CCn1c(SC(C)C(=O)Nc2cc(Cl)ccc2OC)nc2ccccc21. The van der Waals surface area contributed by atoms with Gasteiger partial charge in [0.25, 0.3) is 0 Å². The summed E-state index contributed by atoms with van der Waals surface area (Å²) in [5.41, 5.74) is 2.56. The molecule has 1 unspecified atom stereocenters. The smallest absolute Gasteiger partial charge is 0.237 e. The minimum atomic E-state index is -0.333. The molecule has 3 rings (SSSR count). The molecule has 2 aromatic carbocycles. The quantitative estimate of drug-likeness (QED) is 0.613. The summed E-state index contributed by atoms with van der Waals surface area (Å²) < 4.78 is 7.39. The second kappa shape index (κ2) is 8.01. The molecule has 0 aliphatic carbocycles. The van der Waals surface area contributed by atoms with Gasteiger partial charge in [-0.05, 0) is 44.2 Å². The van der Waals surface area contributed by atoms with Gasteiger partial charge >= 0.3 is 0 Å². The number of rotatable bonds is 6. The van der Waals surface area contributed by atoms with E-state index in [9.17, 15) is 4.79 Å². The maximum atomic E-state index is 12.6. The number of carbonyl (C=O) groups is 1. The van der Waals surface area contributed by atoms with Crippen LogP contribution in [0.15, 0.2) is 47.6 Å². The zero-order valence-corrected chi connectivity index (χ0v) is 16.4. The number of aryl methyl sites for hydroxylation is 1. The Morgan fingerprint density at radius 1 is 1.35 bits per heavy atom. The first-order valence-electron chi connectivity index (χ1n) is 8.29. The van der Waals surface area contributed by atoms with Gasteiger partial charge < -0.3 is 14.6 Å². The Balaban J connectivity index is 1.79. The number of para-hydroxylation sites is 2. The zero-order chi connectivity index (χ0) is 18.7. The van der Waals surface area contributed by atoms with Crippen molar-refractivity contribution in [3.8, 4) is 5.75 Å². The Bertz CT molecular complexity index is 942. The average molecular weight is 390 g/mol. The second-order valence-electron chi connectivity index (χ2n) is 5.72. The van der Waals surface area contributed by atoms with Crippen molar-refractivity contribution in [3.05, 3.63) is 47.5 Å². The number of aromatic nitrogens is 2. The lowest BCUT2D eigenvalue weighted by Crippen LogP contribution is -2.23. The number of nitrogens with one attached hydrogen (secondary N) is 1. The lowest BCUT2D eigenvalue weighted by atomic mass is 10.3. The predicted octanol–water partition coefficient (Wildman–Crippen LogP) is 4.84. The summed E-state index contributed by atoms with van der Waals surface area (Å²) in [5, 5.41) is 3.92. The lowest BCUT2D eigenvalue weighted by molar-refractivity contribution is -0.115. The maximum absolute atomic E-state index is 12.6. The van der Waals surface area contributed by atoms with Crippen LogP contribution in [-0.2, 0) is 11.3 Å². The Kier molecular flexibility index (Phi) is 5.74. The van der Waals surface area contributed by atoms with Crippen molar-refractivity contribution in [3.63, 3.8) is 0 Å². The summed E-state index contributed by atoms with van der Waals surface area (Å²) in [5.74, 6) is 0.436. The van der Waals surface area contributed by atoms with Gasteiger partial charge in [-0.15, -0.1) is 0 Å². The number of benzene rings is 2. The highest BCUT2D eigenvalue weighted by Crippen LogP contribution is 2.30. The van der Waals surface area contributed by atoms with Crippen LogP contribution in [-0.4, -0.2) is 27.8 Å². The van der Waals surface area contributed by atoms with Crippen molar-refractivity contribution in [2.45, 2.75) is 30.8 Å². The molecule has 1 N–H and O–H groups in total. The molecule has 7 heteroatoms. The molecule has 136 valence electrons. The van der Waals surface area contributed by atoms with Gasteiger partial charge in [0.15, 0.2) is 5.16 Å².